The Morgan fingerprint density at radius 3 is 2.62 bits per heavy atom. The number of benzene rings is 1. The molecular formula is C13H21NO2. The molecule has 90 valence electrons. The predicted octanol–water partition coefficient (Wildman–Crippen LogP) is 2.21. The summed E-state index contributed by atoms with van der Waals surface area (Å²) in [5.74, 6) is 0.879. The Morgan fingerprint density at radius 2 is 1.94 bits per heavy atom. The minimum Gasteiger partial charge on any atom is -0.491 e. The van der Waals surface area contributed by atoms with E-state index in [9.17, 15) is 0 Å². The molecule has 1 rings (SSSR count). The normalized spacial score (nSPS) is 12.4. The first-order valence-corrected chi connectivity index (χ1v) is 5.84. The number of hydrogen-bond donors (Lipinski definition) is 1. The molecule has 1 atom stereocenters. The number of nitrogens with two attached hydrogens (primary N) is 1. The van der Waals surface area contributed by atoms with Gasteiger partial charge in [-0.05, 0) is 18.6 Å². The Balaban J connectivity index is 2.00. The molecule has 1 aromatic carbocycles. The molecule has 3 nitrogen and oxygen atoms in total. The zero-order chi connectivity index (χ0) is 11.6. The van der Waals surface area contributed by atoms with E-state index in [0.29, 0.717) is 19.8 Å². The van der Waals surface area contributed by atoms with Gasteiger partial charge in [-0.25, -0.2) is 0 Å². The van der Waals surface area contributed by atoms with Crippen LogP contribution in [0.5, 0.6) is 5.75 Å². The number of para-hydroxylation sites is 1. The average molecular weight is 223 g/mol. The Labute approximate surface area is 97.6 Å². The van der Waals surface area contributed by atoms with Crippen LogP contribution in [0.1, 0.15) is 19.8 Å². The lowest BCUT2D eigenvalue weighted by molar-refractivity contribution is 0.0888. The van der Waals surface area contributed by atoms with E-state index in [1.54, 1.807) is 0 Å². The summed E-state index contributed by atoms with van der Waals surface area (Å²) >= 11 is 0. The van der Waals surface area contributed by atoms with Gasteiger partial charge in [0.2, 0.25) is 0 Å². The van der Waals surface area contributed by atoms with Gasteiger partial charge in [0.25, 0.3) is 0 Å². The molecule has 0 fully saturated rings. The van der Waals surface area contributed by atoms with Crippen LogP contribution in [-0.2, 0) is 4.74 Å². The highest BCUT2D eigenvalue weighted by molar-refractivity contribution is 5.20. The third kappa shape index (κ3) is 5.73. The van der Waals surface area contributed by atoms with Gasteiger partial charge in [0, 0.05) is 6.04 Å². The molecule has 0 saturated carbocycles. The van der Waals surface area contributed by atoms with E-state index in [2.05, 4.69) is 6.92 Å². The highest BCUT2D eigenvalue weighted by Gasteiger charge is 2.00. The van der Waals surface area contributed by atoms with Crippen molar-refractivity contribution in [2.45, 2.75) is 25.8 Å². The summed E-state index contributed by atoms with van der Waals surface area (Å²) in [7, 11) is 0. The first-order chi connectivity index (χ1) is 7.83. The zero-order valence-corrected chi connectivity index (χ0v) is 9.89. The van der Waals surface area contributed by atoms with Gasteiger partial charge in [-0.1, -0.05) is 31.5 Å². The van der Waals surface area contributed by atoms with Crippen molar-refractivity contribution in [1.82, 2.24) is 0 Å². The Kier molecular flexibility index (Phi) is 6.61. The molecule has 0 spiro atoms. The molecule has 1 aromatic rings. The molecular weight excluding hydrogens is 202 g/mol. The summed E-state index contributed by atoms with van der Waals surface area (Å²) in [4.78, 5) is 0. The van der Waals surface area contributed by atoms with Gasteiger partial charge in [0.15, 0.2) is 0 Å². The molecule has 0 heterocycles. The van der Waals surface area contributed by atoms with E-state index in [1.807, 2.05) is 30.3 Å². The third-order valence-electron chi connectivity index (χ3n) is 2.23. The predicted molar refractivity (Wildman–Crippen MR) is 65.6 cm³/mol. The minimum absolute atomic E-state index is 0.154. The van der Waals surface area contributed by atoms with E-state index < -0.39 is 0 Å². The van der Waals surface area contributed by atoms with Crippen LogP contribution in [0, 0.1) is 0 Å². The summed E-state index contributed by atoms with van der Waals surface area (Å²) in [6.45, 7) is 3.90. The maximum Gasteiger partial charge on any atom is 0.119 e. The van der Waals surface area contributed by atoms with Crippen molar-refractivity contribution in [3.63, 3.8) is 0 Å². The molecule has 2 N–H and O–H groups in total. The summed E-state index contributed by atoms with van der Waals surface area (Å²) in [6.07, 6.45) is 2.12. The summed E-state index contributed by atoms with van der Waals surface area (Å²) < 4.78 is 10.9. The van der Waals surface area contributed by atoms with E-state index in [0.717, 1.165) is 18.6 Å². The SMILES string of the molecule is CCCC(N)COCCOc1ccccc1. The van der Waals surface area contributed by atoms with Crippen LogP contribution >= 0.6 is 0 Å². The minimum atomic E-state index is 0.154. The van der Waals surface area contributed by atoms with Crippen molar-refractivity contribution in [2.24, 2.45) is 5.73 Å². The van der Waals surface area contributed by atoms with Crippen molar-refractivity contribution in [1.29, 1.82) is 0 Å². The van der Waals surface area contributed by atoms with Gasteiger partial charge < -0.3 is 15.2 Å². The molecule has 0 saturated heterocycles. The van der Waals surface area contributed by atoms with E-state index >= 15 is 0 Å². The topological polar surface area (TPSA) is 44.5 Å². The fourth-order valence-electron chi connectivity index (χ4n) is 1.42. The van der Waals surface area contributed by atoms with Gasteiger partial charge in [-0.3, -0.25) is 0 Å². The monoisotopic (exact) mass is 223 g/mol. The summed E-state index contributed by atoms with van der Waals surface area (Å²) in [6, 6.07) is 9.89. The van der Waals surface area contributed by atoms with Crippen molar-refractivity contribution in [2.75, 3.05) is 19.8 Å². The van der Waals surface area contributed by atoms with Crippen molar-refractivity contribution in [3.8, 4) is 5.75 Å². The van der Waals surface area contributed by atoms with Crippen LogP contribution in [0.25, 0.3) is 0 Å². The molecule has 0 aliphatic rings. The molecule has 16 heavy (non-hydrogen) atoms. The number of ether oxygens (including phenoxy) is 2. The van der Waals surface area contributed by atoms with Gasteiger partial charge in [0.1, 0.15) is 12.4 Å². The smallest absolute Gasteiger partial charge is 0.119 e. The Bertz CT molecular complexity index is 264. The summed E-state index contributed by atoms with van der Waals surface area (Å²) in [5, 5.41) is 0. The number of hydrogen-bond acceptors (Lipinski definition) is 3. The van der Waals surface area contributed by atoms with E-state index in [1.165, 1.54) is 0 Å². The molecule has 0 radical (unpaired) electrons. The molecule has 0 aliphatic heterocycles. The molecule has 0 aliphatic carbocycles. The molecule has 0 aromatic heterocycles. The second-order valence-corrected chi connectivity index (χ2v) is 3.79. The van der Waals surface area contributed by atoms with Crippen molar-refractivity contribution >= 4 is 0 Å². The van der Waals surface area contributed by atoms with E-state index in [-0.39, 0.29) is 6.04 Å². The zero-order valence-electron chi connectivity index (χ0n) is 9.89. The van der Waals surface area contributed by atoms with Gasteiger partial charge in [0.05, 0.1) is 13.2 Å². The fraction of sp³-hybridized carbons (Fsp3) is 0.538. The first-order valence-electron chi connectivity index (χ1n) is 5.84. The maximum atomic E-state index is 5.81. The van der Waals surface area contributed by atoms with Crippen LogP contribution < -0.4 is 10.5 Å². The van der Waals surface area contributed by atoms with Gasteiger partial charge in [-0.2, -0.15) is 0 Å². The lowest BCUT2D eigenvalue weighted by Crippen LogP contribution is -2.26. The van der Waals surface area contributed by atoms with Crippen LogP contribution in [0.4, 0.5) is 0 Å². The van der Waals surface area contributed by atoms with Crippen LogP contribution in [0.3, 0.4) is 0 Å². The second kappa shape index (κ2) is 8.13. The highest BCUT2D eigenvalue weighted by atomic mass is 16.5. The lowest BCUT2D eigenvalue weighted by atomic mass is 10.2. The summed E-state index contributed by atoms with van der Waals surface area (Å²) in [5.41, 5.74) is 5.81. The third-order valence-corrected chi connectivity index (χ3v) is 2.23. The quantitative estimate of drug-likeness (QED) is 0.687. The van der Waals surface area contributed by atoms with Crippen molar-refractivity contribution < 1.29 is 9.47 Å². The Morgan fingerprint density at radius 1 is 1.19 bits per heavy atom. The molecule has 3 heteroatoms. The largest absolute Gasteiger partial charge is 0.491 e. The molecule has 0 bridgehead atoms. The average Bonchev–Trinajstić information content (AvgIpc) is 2.30. The fourth-order valence-corrected chi connectivity index (χ4v) is 1.42. The molecule has 1 unspecified atom stereocenters. The lowest BCUT2D eigenvalue weighted by Gasteiger charge is -2.11. The van der Waals surface area contributed by atoms with Crippen molar-refractivity contribution in [3.05, 3.63) is 30.3 Å². The van der Waals surface area contributed by atoms with Gasteiger partial charge >= 0.3 is 0 Å². The number of rotatable bonds is 8. The maximum absolute atomic E-state index is 5.81. The van der Waals surface area contributed by atoms with Gasteiger partial charge in [-0.15, -0.1) is 0 Å². The van der Waals surface area contributed by atoms with E-state index in [4.69, 9.17) is 15.2 Å². The molecule has 0 amide bonds. The van der Waals surface area contributed by atoms with Crippen LogP contribution in [0.15, 0.2) is 30.3 Å². The first kappa shape index (κ1) is 13.0. The standard InChI is InChI=1S/C13H21NO2/c1-2-6-12(14)11-15-9-10-16-13-7-4-3-5-8-13/h3-5,7-8,12H,2,6,9-11,14H2,1H3. The highest BCUT2D eigenvalue weighted by Crippen LogP contribution is 2.07. The second-order valence-electron chi connectivity index (χ2n) is 3.79. The van der Waals surface area contributed by atoms with Crippen LogP contribution in [0.2, 0.25) is 0 Å². The Hall–Kier alpha value is -1.06. The van der Waals surface area contributed by atoms with Crippen LogP contribution in [-0.4, -0.2) is 25.9 Å².